The fraction of sp³-hybridized carbons (Fsp3) is 0.100. The van der Waals surface area contributed by atoms with Crippen molar-refractivity contribution in [2.75, 3.05) is 0 Å². The molecule has 0 unspecified atom stereocenters. The summed E-state index contributed by atoms with van der Waals surface area (Å²) >= 11 is 3.21. The van der Waals surface area contributed by atoms with E-state index in [0.29, 0.717) is 10.2 Å². The molecule has 0 atom stereocenters. The first-order chi connectivity index (χ1) is 7.69. The summed E-state index contributed by atoms with van der Waals surface area (Å²) in [6.45, 7) is 0.244. The first-order valence-electron chi connectivity index (χ1n) is 4.46. The number of aromatic nitrogens is 1. The van der Waals surface area contributed by atoms with Crippen molar-refractivity contribution in [3.05, 3.63) is 40.4 Å². The van der Waals surface area contributed by atoms with Crippen LogP contribution < -0.4 is 10.5 Å². The van der Waals surface area contributed by atoms with E-state index in [1.165, 1.54) is 18.4 Å². The molecule has 0 aliphatic heterocycles. The highest BCUT2D eigenvalue weighted by atomic mass is 79.9. The Bertz CT molecular complexity index is 501. The Labute approximate surface area is 99.4 Å². The molecule has 0 saturated carbocycles. The third-order valence-electron chi connectivity index (χ3n) is 1.83. The lowest BCUT2D eigenvalue weighted by molar-refractivity contribution is 0.318. The number of benzene rings is 1. The molecule has 0 amide bonds. The zero-order chi connectivity index (χ0) is 11.5. The molecule has 6 heteroatoms. The van der Waals surface area contributed by atoms with E-state index >= 15 is 0 Å². The van der Waals surface area contributed by atoms with Crippen LogP contribution in [0.3, 0.4) is 0 Å². The van der Waals surface area contributed by atoms with E-state index in [1.807, 2.05) is 0 Å². The van der Waals surface area contributed by atoms with Crippen LogP contribution in [0.2, 0.25) is 0 Å². The monoisotopic (exact) mass is 286 g/mol. The summed E-state index contributed by atoms with van der Waals surface area (Å²) in [5.41, 5.74) is 5.90. The van der Waals surface area contributed by atoms with E-state index in [-0.39, 0.29) is 18.4 Å². The predicted octanol–water partition coefficient (Wildman–Crippen LogP) is 2.83. The molecule has 0 aliphatic carbocycles. The lowest BCUT2D eigenvalue weighted by Gasteiger charge is -2.02. The van der Waals surface area contributed by atoms with Crippen LogP contribution in [0, 0.1) is 5.82 Å². The van der Waals surface area contributed by atoms with Gasteiger partial charge in [0.05, 0.1) is 5.69 Å². The summed E-state index contributed by atoms with van der Waals surface area (Å²) in [7, 11) is 0. The van der Waals surface area contributed by atoms with E-state index in [0.717, 1.165) is 0 Å². The second kappa shape index (κ2) is 4.63. The molecular formula is C10H8BrFN2O2. The molecule has 2 aromatic rings. The van der Waals surface area contributed by atoms with Crippen LogP contribution in [0.25, 0.3) is 0 Å². The number of nitrogens with two attached hydrogens (primary N) is 1. The highest BCUT2D eigenvalue weighted by Gasteiger charge is 2.09. The Kier molecular flexibility index (Phi) is 3.21. The molecule has 16 heavy (non-hydrogen) atoms. The Morgan fingerprint density at radius 1 is 1.50 bits per heavy atom. The Balaban J connectivity index is 2.22. The number of nitrogens with zero attached hydrogens (tertiary/aromatic N) is 1. The van der Waals surface area contributed by atoms with Gasteiger partial charge in [-0.3, -0.25) is 0 Å². The Morgan fingerprint density at radius 3 is 3.00 bits per heavy atom. The van der Waals surface area contributed by atoms with Crippen LogP contribution >= 0.6 is 15.9 Å². The van der Waals surface area contributed by atoms with Gasteiger partial charge < -0.3 is 14.9 Å². The molecule has 0 saturated heterocycles. The van der Waals surface area contributed by atoms with Gasteiger partial charge in [0.1, 0.15) is 6.26 Å². The largest absolute Gasteiger partial charge is 0.417 e. The number of hydrogen-bond donors (Lipinski definition) is 1. The molecule has 2 rings (SSSR count). The van der Waals surface area contributed by atoms with Crippen molar-refractivity contribution >= 4 is 15.9 Å². The molecule has 2 N–H and O–H groups in total. The summed E-state index contributed by atoms with van der Waals surface area (Å²) in [5.74, 6) is -0.449. The van der Waals surface area contributed by atoms with Gasteiger partial charge >= 0.3 is 6.08 Å². The van der Waals surface area contributed by atoms with Gasteiger partial charge in [0, 0.05) is 11.0 Å². The molecule has 0 bridgehead atoms. The smallest absolute Gasteiger partial charge is 0.399 e. The summed E-state index contributed by atoms with van der Waals surface area (Å²) in [5, 5.41) is 0. The summed E-state index contributed by atoms with van der Waals surface area (Å²) in [6.07, 6.45) is 1.34. The van der Waals surface area contributed by atoms with Crippen molar-refractivity contribution in [1.82, 2.24) is 4.98 Å². The lowest BCUT2D eigenvalue weighted by atomic mass is 10.3. The van der Waals surface area contributed by atoms with E-state index < -0.39 is 5.82 Å². The van der Waals surface area contributed by atoms with Gasteiger partial charge in [-0.2, -0.15) is 4.98 Å². The quantitative estimate of drug-likeness (QED) is 0.943. The van der Waals surface area contributed by atoms with Gasteiger partial charge in [-0.1, -0.05) is 15.9 Å². The first-order valence-corrected chi connectivity index (χ1v) is 5.25. The number of hydrogen-bond acceptors (Lipinski definition) is 4. The second-order valence-corrected chi connectivity index (χ2v) is 3.90. The summed E-state index contributed by atoms with van der Waals surface area (Å²) in [4.78, 5) is 3.90. The maximum Gasteiger partial charge on any atom is 0.399 e. The molecule has 0 fully saturated rings. The van der Waals surface area contributed by atoms with Crippen molar-refractivity contribution < 1.29 is 13.5 Å². The lowest BCUT2D eigenvalue weighted by Crippen LogP contribution is -1.96. The van der Waals surface area contributed by atoms with Gasteiger partial charge in [-0.05, 0) is 18.2 Å². The number of ether oxygens (including phenoxy) is 1. The first kappa shape index (κ1) is 11.1. The van der Waals surface area contributed by atoms with Crippen LogP contribution in [-0.4, -0.2) is 4.98 Å². The van der Waals surface area contributed by atoms with Crippen LogP contribution in [0.1, 0.15) is 5.69 Å². The average Bonchev–Trinajstić information content (AvgIpc) is 2.71. The van der Waals surface area contributed by atoms with Gasteiger partial charge in [-0.15, -0.1) is 0 Å². The maximum atomic E-state index is 13.3. The van der Waals surface area contributed by atoms with E-state index in [2.05, 4.69) is 20.9 Å². The highest BCUT2D eigenvalue weighted by molar-refractivity contribution is 9.10. The fourth-order valence-corrected chi connectivity index (χ4v) is 1.42. The van der Waals surface area contributed by atoms with Gasteiger partial charge in [0.2, 0.25) is 0 Å². The van der Waals surface area contributed by atoms with Crippen LogP contribution in [-0.2, 0) is 6.54 Å². The van der Waals surface area contributed by atoms with E-state index in [4.69, 9.17) is 14.9 Å². The third-order valence-corrected chi connectivity index (χ3v) is 2.32. The zero-order valence-electron chi connectivity index (χ0n) is 8.11. The Hall–Kier alpha value is -1.40. The van der Waals surface area contributed by atoms with Gasteiger partial charge in [-0.25, -0.2) is 4.39 Å². The number of rotatable bonds is 3. The molecule has 0 aliphatic rings. The van der Waals surface area contributed by atoms with E-state index in [9.17, 15) is 4.39 Å². The summed E-state index contributed by atoms with van der Waals surface area (Å²) < 4.78 is 24.1. The minimum absolute atomic E-state index is 0.0301. The minimum atomic E-state index is -0.490. The highest BCUT2D eigenvalue weighted by Crippen LogP contribution is 2.26. The molecule has 84 valence electrons. The van der Waals surface area contributed by atoms with Crippen LogP contribution in [0.5, 0.6) is 11.8 Å². The molecule has 1 heterocycles. The minimum Gasteiger partial charge on any atom is -0.417 e. The molecular weight excluding hydrogens is 279 g/mol. The average molecular weight is 287 g/mol. The molecule has 1 aromatic heterocycles. The van der Waals surface area contributed by atoms with Crippen molar-refractivity contribution in [3.8, 4) is 11.8 Å². The van der Waals surface area contributed by atoms with Crippen molar-refractivity contribution in [2.45, 2.75) is 6.54 Å². The Morgan fingerprint density at radius 2 is 2.31 bits per heavy atom. The third kappa shape index (κ3) is 2.40. The number of oxazole rings is 1. The molecule has 0 radical (unpaired) electrons. The van der Waals surface area contributed by atoms with Gasteiger partial charge in [0.25, 0.3) is 0 Å². The molecule has 4 nitrogen and oxygen atoms in total. The second-order valence-electron chi connectivity index (χ2n) is 2.99. The standard InChI is InChI=1S/C10H8BrFN2O2/c11-6-1-2-8(12)9(3-6)16-10-14-7(4-13)5-15-10/h1-3,5H,4,13H2. The van der Waals surface area contributed by atoms with Crippen LogP contribution in [0.4, 0.5) is 4.39 Å². The normalized spacial score (nSPS) is 10.4. The van der Waals surface area contributed by atoms with Crippen molar-refractivity contribution in [1.29, 1.82) is 0 Å². The topological polar surface area (TPSA) is 61.3 Å². The molecule has 0 spiro atoms. The van der Waals surface area contributed by atoms with Crippen molar-refractivity contribution in [2.24, 2.45) is 5.73 Å². The molecule has 1 aromatic carbocycles. The SMILES string of the molecule is NCc1coc(Oc2cc(Br)ccc2F)n1. The zero-order valence-corrected chi connectivity index (χ0v) is 9.70. The van der Waals surface area contributed by atoms with Gasteiger partial charge in [0.15, 0.2) is 11.6 Å². The predicted molar refractivity (Wildman–Crippen MR) is 58.6 cm³/mol. The number of halogens is 2. The van der Waals surface area contributed by atoms with E-state index in [1.54, 1.807) is 6.07 Å². The maximum absolute atomic E-state index is 13.3. The van der Waals surface area contributed by atoms with Crippen LogP contribution in [0.15, 0.2) is 33.4 Å². The summed E-state index contributed by atoms with van der Waals surface area (Å²) in [6, 6.07) is 4.34. The fourth-order valence-electron chi connectivity index (χ4n) is 1.08. The van der Waals surface area contributed by atoms with Crippen molar-refractivity contribution in [3.63, 3.8) is 0 Å².